The summed E-state index contributed by atoms with van der Waals surface area (Å²) in [6, 6.07) is 0.452. The molecule has 1 fully saturated rings. The first-order valence-corrected chi connectivity index (χ1v) is 9.99. The van der Waals surface area contributed by atoms with Crippen LogP contribution in [0.4, 0.5) is 0 Å². The van der Waals surface area contributed by atoms with E-state index in [-0.39, 0.29) is 11.3 Å². The van der Waals surface area contributed by atoms with E-state index in [1.54, 1.807) is 0 Å². The molecule has 0 bridgehead atoms. The van der Waals surface area contributed by atoms with Crippen molar-refractivity contribution >= 4 is 9.84 Å². The molecule has 0 aromatic carbocycles. The molecule has 20 heavy (non-hydrogen) atoms. The zero-order valence-corrected chi connectivity index (χ0v) is 14.6. The predicted molar refractivity (Wildman–Crippen MR) is 85.8 cm³/mol. The summed E-state index contributed by atoms with van der Waals surface area (Å²) in [5.41, 5.74) is 0.154. The lowest BCUT2D eigenvalue weighted by molar-refractivity contribution is 0.0506. The van der Waals surface area contributed by atoms with E-state index in [0.29, 0.717) is 18.5 Å². The van der Waals surface area contributed by atoms with Crippen molar-refractivity contribution in [2.24, 2.45) is 5.92 Å². The second kappa shape index (κ2) is 7.23. The molecule has 5 heteroatoms. The number of hydrogen-bond donors (Lipinski definition) is 1. The number of rotatable bonds is 7. The lowest BCUT2D eigenvalue weighted by Crippen LogP contribution is -2.65. The average molecular weight is 304 g/mol. The molecule has 4 nitrogen and oxygen atoms in total. The molecular formula is C15H32N2O2S. The maximum absolute atomic E-state index is 11.5. The van der Waals surface area contributed by atoms with Gasteiger partial charge in [-0.15, -0.1) is 0 Å². The van der Waals surface area contributed by atoms with Crippen molar-refractivity contribution < 1.29 is 8.42 Å². The van der Waals surface area contributed by atoms with Crippen LogP contribution in [0.25, 0.3) is 0 Å². The highest BCUT2D eigenvalue weighted by molar-refractivity contribution is 7.90. The zero-order chi connectivity index (χ0) is 15.4. The first-order chi connectivity index (χ1) is 9.27. The molecule has 1 N–H and O–H groups in total. The van der Waals surface area contributed by atoms with Crippen LogP contribution in [-0.2, 0) is 9.84 Å². The van der Waals surface area contributed by atoms with Gasteiger partial charge in [-0.25, -0.2) is 8.42 Å². The van der Waals surface area contributed by atoms with Gasteiger partial charge in [0.25, 0.3) is 0 Å². The van der Waals surface area contributed by atoms with Gasteiger partial charge in [0.2, 0.25) is 0 Å². The van der Waals surface area contributed by atoms with E-state index in [1.807, 2.05) is 0 Å². The molecule has 0 radical (unpaired) electrons. The highest BCUT2D eigenvalue weighted by Gasteiger charge is 2.38. The van der Waals surface area contributed by atoms with Crippen LogP contribution in [0.2, 0.25) is 0 Å². The summed E-state index contributed by atoms with van der Waals surface area (Å²) in [4.78, 5) is 2.42. The van der Waals surface area contributed by atoms with Crippen molar-refractivity contribution in [1.29, 1.82) is 0 Å². The van der Waals surface area contributed by atoms with Gasteiger partial charge in [0.15, 0.2) is 0 Å². The molecule has 0 saturated carbocycles. The predicted octanol–water partition coefficient (Wildman–Crippen LogP) is 1.91. The second-order valence-electron chi connectivity index (χ2n) is 6.42. The van der Waals surface area contributed by atoms with Crippen molar-refractivity contribution in [3.8, 4) is 0 Å². The molecule has 1 aliphatic heterocycles. The Labute approximate surface area is 125 Å². The Balaban J connectivity index is 2.82. The molecule has 0 aromatic rings. The van der Waals surface area contributed by atoms with Gasteiger partial charge in [-0.1, -0.05) is 34.1 Å². The summed E-state index contributed by atoms with van der Waals surface area (Å²) < 4.78 is 23.0. The van der Waals surface area contributed by atoms with E-state index in [1.165, 1.54) is 6.26 Å². The van der Waals surface area contributed by atoms with Crippen molar-refractivity contribution in [2.75, 3.05) is 31.6 Å². The van der Waals surface area contributed by atoms with Gasteiger partial charge < -0.3 is 5.32 Å². The highest BCUT2D eigenvalue weighted by Crippen LogP contribution is 2.26. The van der Waals surface area contributed by atoms with Crippen molar-refractivity contribution in [3.63, 3.8) is 0 Å². The van der Waals surface area contributed by atoms with Crippen LogP contribution < -0.4 is 5.32 Å². The Morgan fingerprint density at radius 1 is 1.30 bits per heavy atom. The van der Waals surface area contributed by atoms with Gasteiger partial charge in [-0.3, -0.25) is 4.90 Å². The van der Waals surface area contributed by atoms with Crippen LogP contribution in [0.5, 0.6) is 0 Å². The summed E-state index contributed by atoms with van der Waals surface area (Å²) in [6.45, 7) is 11.5. The maximum Gasteiger partial charge on any atom is 0.148 e. The molecular weight excluding hydrogens is 272 g/mol. The molecule has 1 aliphatic rings. The smallest absolute Gasteiger partial charge is 0.148 e. The molecule has 0 aliphatic carbocycles. The van der Waals surface area contributed by atoms with Crippen molar-refractivity contribution in [1.82, 2.24) is 10.2 Å². The molecule has 0 aromatic heterocycles. The van der Waals surface area contributed by atoms with Gasteiger partial charge in [-0.2, -0.15) is 0 Å². The number of nitrogens with zero attached hydrogens (tertiary/aromatic N) is 1. The Bertz CT molecular complexity index is 391. The Kier molecular flexibility index (Phi) is 6.48. The molecule has 0 amide bonds. The summed E-state index contributed by atoms with van der Waals surface area (Å²) in [6.07, 6.45) is 4.64. The van der Waals surface area contributed by atoms with E-state index in [4.69, 9.17) is 0 Å². The zero-order valence-electron chi connectivity index (χ0n) is 13.8. The normalized spacial score (nSPS) is 25.6. The lowest BCUT2D eigenvalue weighted by atomic mass is 9.85. The van der Waals surface area contributed by atoms with Gasteiger partial charge in [0.05, 0.1) is 5.75 Å². The lowest BCUT2D eigenvalue weighted by Gasteiger charge is -2.49. The Morgan fingerprint density at radius 3 is 2.35 bits per heavy atom. The van der Waals surface area contributed by atoms with E-state index >= 15 is 0 Å². The van der Waals surface area contributed by atoms with Crippen LogP contribution >= 0.6 is 0 Å². The molecule has 1 heterocycles. The van der Waals surface area contributed by atoms with E-state index in [0.717, 1.165) is 32.4 Å². The molecule has 1 rings (SSSR count). The second-order valence-corrected chi connectivity index (χ2v) is 8.68. The van der Waals surface area contributed by atoms with E-state index < -0.39 is 9.84 Å². The van der Waals surface area contributed by atoms with Crippen LogP contribution in [0.3, 0.4) is 0 Å². The monoisotopic (exact) mass is 304 g/mol. The summed E-state index contributed by atoms with van der Waals surface area (Å²) in [5.74, 6) is 0.859. The number of nitrogens with one attached hydrogen (secondary N) is 1. The standard InChI is InChI=1S/C15H32N2O2S/c1-6-13(4)14-11-16-15(7-2,8-3)12-17(14)9-10-20(5,18)19/h13-14,16H,6-12H2,1-5H3. The van der Waals surface area contributed by atoms with Crippen LogP contribution in [-0.4, -0.2) is 56.5 Å². The van der Waals surface area contributed by atoms with Crippen molar-refractivity contribution in [2.45, 2.75) is 58.5 Å². The average Bonchev–Trinajstić information content (AvgIpc) is 2.43. The quantitative estimate of drug-likeness (QED) is 0.780. The van der Waals surface area contributed by atoms with E-state index in [2.05, 4.69) is 37.9 Å². The molecule has 2 unspecified atom stereocenters. The number of hydrogen-bond acceptors (Lipinski definition) is 4. The fourth-order valence-corrected chi connectivity index (χ4v) is 3.66. The summed E-state index contributed by atoms with van der Waals surface area (Å²) >= 11 is 0. The molecule has 2 atom stereocenters. The largest absolute Gasteiger partial charge is 0.308 e. The van der Waals surface area contributed by atoms with Gasteiger partial charge >= 0.3 is 0 Å². The maximum atomic E-state index is 11.5. The van der Waals surface area contributed by atoms with Gasteiger partial charge in [-0.05, 0) is 18.8 Å². The fraction of sp³-hybridized carbons (Fsp3) is 1.00. The van der Waals surface area contributed by atoms with Gasteiger partial charge in [0, 0.05) is 37.5 Å². The third-order valence-corrected chi connectivity index (χ3v) is 5.99. The summed E-state index contributed by atoms with van der Waals surface area (Å²) in [5, 5.41) is 3.73. The minimum atomic E-state index is -2.89. The van der Waals surface area contributed by atoms with Crippen LogP contribution in [0.15, 0.2) is 0 Å². The first kappa shape index (κ1) is 17.9. The summed E-state index contributed by atoms with van der Waals surface area (Å²) in [7, 11) is -2.89. The van der Waals surface area contributed by atoms with E-state index in [9.17, 15) is 8.42 Å². The molecule has 1 saturated heterocycles. The minimum Gasteiger partial charge on any atom is -0.308 e. The number of piperazine rings is 1. The number of sulfone groups is 1. The van der Waals surface area contributed by atoms with Crippen LogP contribution in [0.1, 0.15) is 47.0 Å². The Hall–Kier alpha value is -0.130. The van der Waals surface area contributed by atoms with Crippen molar-refractivity contribution in [3.05, 3.63) is 0 Å². The third-order valence-electron chi connectivity index (χ3n) is 5.06. The minimum absolute atomic E-state index is 0.154. The first-order valence-electron chi connectivity index (χ1n) is 7.93. The SMILES string of the molecule is CCC(C)C1CNC(CC)(CC)CN1CCS(C)(=O)=O. The fourth-order valence-electron chi connectivity index (χ4n) is 3.10. The Morgan fingerprint density at radius 2 is 1.90 bits per heavy atom. The van der Waals surface area contributed by atoms with Crippen LogP contribution in [0, 0.1) is 5.92 Å². The highest BCUT2D eigenvalue weighted by atomic mass is 32.2. The molecule has 120 valence electrons. The van der Waals surface area contributed by atoms with Gasteiger partial charge in [0.1, 0.15) is 9.84 Å². The third kappa shape index (κ3) is 4.71. The topological polar surface area (TPSA) is 49.4 Å². The molecule has 0 spiro atoms.